The van der Waals surface area contributed by atoms with Crippen molar-refractivity contribution in [1.82, 2.24) is 0 Å². The Bertz CT molecular complexity index is 90.0. The Morgan fingerprint density at radius 3 is 2.57 bits per heavy atom. The largest absolute Gasteiger partial charge is 0.379 e. The van der Waals surface area contributed by atoms with Gasteiger partial charge in [-0.25, -0.2) is 0 Å². The highest BCUT2D eigenvalue weighted by Gasteiger charge is 1.89. The van der Waals surface area contributed by atoms with Crippen LogP contribution in [0.15, 0.2) is 0 Å². The third-order valence-corrected chi connectivity index (χ3v) is 0.749. The van der Waals surface area contributed by atoms with Crippen molar-refractivity contribution in [2.75, 3.05) is 5.88 Å². The minimum atomic E-state index is -0.647. The molecule has 1 unspecified atom stereocenters. The Morgan fingerprint density at radius 2 is 2.43 bits per heavy atom. The number of aliphatic hydroxyl groups is 1. The quantitative estimate of drug-likeness (QED) is 0.395. The zero-order chi connectivity index (χ0) is 5.70. The molecule has 0 aromatic heterocycles. The highest BCUT2D eigenvalue weighted by molar-refractivity contribution is 6.18. The fourth-order valence-electron chi connectivity index (χ4n) is 0.205. The molecule has 0 bridgehead atoms. The van der Waals surface area contributed by atoms with Crippen LogP contribution in [0.3, 0.4) is 0 Å². The molecular weight excluding hydrogens is 112 g/mol. The first-order chi connectivity index (χ1) is 3.31. The van der Waals surface area contributed by atoms with Crippen LogP contribution >= 0.6 is 11.6 Å². The van der Waals surface area contributed by atoms with Crippen molar-refractivity contribution < 1.29 is 5.11 Å². The smallest absolute Gasteiger partial charge is 0.128 e. The summed E-state index contributed by atoms with van der Waals surface area (Å²) >= 11 is 5.18. The molecule has 0 amide bonds. The van der Waals surface area contributed by atoms with E-state index in [0.29, 0.717) is 0 Å². The fraction of sp³-hybridized carbons (Fsp3) is 0.600. The molecule has 1 nitrogen and oxygen atoms in total. The van der Waals surface area contributed by atoms with Crippen LogP contribution in [0.1, 0.15) is 6.92 Å². The summed E-state index contributed by atoms with van der Waals surface area (Å²) < 4.78 is 0. The lowest BCUT2D eigenvalue weighted by molar-refractivity contribution is 0.256. The van der Waals surface area contributed by atoms with Gasteiger partial charge in [0, 0.05) is 0 Å². The molecule has 0 aliphatic heterocycles. The normalized spacial score (nSPS) is 11.9. The molecule has 0 aromatic carbocycles. The summed E-state index contributed by atoms with van der Waals surface area (Å²) in [7, 11) is 0. The van der Waals surface area contributed by atoms with Gasteiger partial charge in [-0.2, -0.15) is 0 Å². The van der Waals surface area contributed by atoms with Crippen LogP contribution in [-0.4, -0.2) is 17.1 Å². The van der Waals surface area contributed by atoms with Gasteiger partial charge in [0.15, 0.2) is 0 Å². The predicted octanol–water partition coefficient (Wildman–Crippen LogP) is 0.609. The number of hydrogen-bond donors (Lipinski definition) is 1. The minimum Gasteiger partial charge on any atom is -0.379 e. The highest BCUT2D eigenvalue weighted by atomic mass is 35.5. The van der Waals surface area contributed by atoms with Crippen LogP contribution in [0.2, 0.25) is 0 Å². The molecular formula is C5H7ClO. The van der Waals surface area contributed by atoms with Crippen LogP contribution in [0.25, 0.3) is 0 Å². The van der Waals surface area contributed by atoms with Crippen molar-refractivity contribution in [2.24, 2.45) is 0 Å². The van der Waals surface area contributed by atoms with Crippen molar-refractivity contribution >= 4 is 11.6 Å². The van der Waals surface area contributed by atoms with E-state index in [2.05, 4.69) is 11.8 Å². The molecule has 0 saturated carbocycles. The van der Waals surface area contributed by atoms with Gasteiger partial charge < -0.3 is 5.11 Å². The third kappa shape index (κ3) is 3.65. The van der Waals surface area contributed by atoms with Crippen LogP contribution in [-0.2, 0) is 0 Å². The summed E-state index contributed by atoms with van der Waals surface area (Å²) in [6, 6.07) is 0. The molecule has 0 aliphatic carbocycles. The molecule has 40 valence electrons. The van der Waals surface area contributed by atoms with Gasteiger partial charge in [-0.15, -0.1) is 17.5 Å². The lowest BCUT2D eigenvalue weighted by Gasteiger charge is -1.89. The maximum absolute atomic E-state index is 8.55. The molecule has 0 heterocycles. The SMILES string of the molecule is CC#CC(O)CCl. The topological polar surface area (TPSA) is 20.2 Å². The average molecular weight is 119 g/mol. The van der Waals surface area contributed by atoms with E-state index >= 15 is 0 Å². The molecule has 0 aliphatic rings. The van der Waals surface area contributed by atoms with Crippen LogP contribution in [0.4, 0.5) is 0 Å². The number of hydrogen-bond acceptors (Lipinski definition) is 1. The molecule has 1 N–H and O–H groups in total. The average Bonchev–Trinajstić information content (AvgIpc) is 1.68. The number of alkyl halides is 1. The maximum Gasteiger partial charge on any atom is 0.128 e. The number of halogens is 1. The van der Waals surface area contributed by atoms with Crippen molar-refractivity contribution in [1.29, 1.82) is 0 Å². The van der Waals surface area contributed by atoms with Gasteiger partial charge >= 0.3 is 0 Å². The van der Waals surface area contributed by atoms with Crippen LogP contribution < -0.4 is 0 Å². The van der Waals surface area contributed by atoms with Crippen LogP contribution in [0, 0.1) is 11.8 Å². The number of aliphatic hydroxyl groups excluding tert-OH is 1. The third-order valence-electron chi connectivity index (χ3n) is 0.457. The van der Waals surface area contributed by atoms with Gasteiger partial charge in [-0.1, -0.05) is 5.92 Å². The maximum atomic E-state index is 8.55. The van der Waals surface area contributed by atoms with E-state index in [9.17, 15) is 0 Å². The summed E-state index contributed by atoms with van der Waals surface area (Å²) in [5, 5.41) is 8.55. The van der Waals surface area contributed by atoms with E-state index in [-0.39, 0.29) is 5.88 Å². The summed E-state index contributed by atoms with van der Waals surface area (Å²) in [6.07, 6.45) is -0.647. The molecule has 0 radical (unpaired) electrons. The summed E-state index contributed by atoms with van der Waals surface area (Å²) in [5.74, 6) is 5.20. The van der Waals surface area contributed by atoms with Crippen LogP contribution in [0.5, 0.6) is 0 Å². The lowest BCUT2D eigenvalue weighted by atomic mass is 10.4. The van der Waals surface area contributed by atoms with Gasteiger partial charge in [0.1, 0.15) is 6.10 Å². The second kappa shape index (κ2) is 3.98. The monoisotopic (exact) mass is 118 g/mol. The van der Waals surface area contributed by atoms with Gasteiger partial charge in [-0.3, -0.25) is 0 Å². The molecule has 0 rings (SSSR count). The highest BCUT2D eigenvalue weighted by Crippen LogP contribution is 1.81. The second-order valence-electron chi connectivity index (χ2n) is 1.06. The molecule has 0 aromatic rings. The molecule has 0 spiro atoms. The van der Waals surface area contributed by atoms with Gasteiger partial charge in [0.2, 0.25) is 0 Å². The Morgan fingerprint density at radius 1 is 1.86 bits per heavy atom. The van der Waals surface area contributed by atoms with Gasteiger partial charge in [0.05, 0.1) is 5.88 Å². The first kappa shape index (κ1) is 6.81. The number of rotatable bonds is 1. The van der Waals surface area contributed by atoms with Crippen molar-refractivity contribution in [2.45, 2.75) is 13.0 Å². The van der Waals surface area contributed by atoms with E-state index in [1.165, 1.54) is 0 Å². The van der Waals surface area contributed by atoms with Gasteiger partial charge in [0.25, 0.3) is 0 Å². The molecule has 0 fully saturated rings. The molecule has 0 saturated heterocycles. The van der Waals surface area contributed by atoms with Gasteiger partial charge in [-0.05, 0) is 6.92 Å². The van der Waals surface area contributed by atoms with E-state index in [0.717, 1.165) is 0 Å². The first-order valence-electron chi connectivity index (χ1n) is 1.97. The van der Waals surface area contributed by atoms with Crippen molar-refractivity contribution in [3.8, 4) is 11.8 Å². The van der Waals surface area contributed by atoms with E-state index in [1.807, 2.05) is 0 Å². The molecule has 2 heteroatoms. The molecule has 7 heavy (non-hydrogen) atoms. The Hall–Kier alpha value is -0.190. The predicted molar refractivity (Wildman–Crippen MR) is 30.2 cm³/mol. The van der Waals surface area contributed by atoms with E-state index in [1.54, 1.807) is 6.92 Å². The standard InChI is InChI=1S/C5H7ClO/c1-2-3-5(7)4-6/h5,7H,4H2,1H3. The Balaban J connectivity index is 3.29. The molecule has 1 atom stereocenters. The minimum absolute atomic E-state index is 0.195. The first-order valence-corrected chi connectivity index (χ1v) is 2.51. The zero-order valence-corrected chi connectivity index (χ0v) is 4.87. The summed E-state index contributed by atoms with van der Waals surface area (Å²) in [5.41, 5.74) is 0. The van der Waals surface area contributed by atoms with Crippen molar-refractivity contribution in [3.63, 3.8) is 0 Å². The zero-order valence-electron chi connectivity index (χ0n) is 4.11. The second-order valence-corrected chi connectivity index (χ2v) is 1.37. The summed E-state index contributed by atoms with van der Waals surface area (Å²) in [6.45, 7) is 1.66. The lowest BCUT2D eigenvalue weighted by Crippen LogP contribution is -2.02. The Kier molecular flexibility index (Phi) is 3.87. The van der Waals surface area contributed by atoms with Crippen molar-refractivity contribution in [3.05, 3.63) is 0 Å². The summed E-state index contributed by atoms with van der Waals surface area (Å²) in [4.78, 5) is 0. The van der Waals surface area contributed by atoms with E-state index in [4.69, 9.17) is 16.7 Å². The Labute approximate surface area is 48.3 Å². The fourth-order valence-corrected chi connectivity index (χ4v) is 0.282. The van der Waals surface area contributed by atoms with E-state index < -0.39 is 6.10 Å².